The van der Waals surface area contributed by atoms with Crippen molar-refractivity contribution < 1.29 is 22.6 Å². The molecular formula is C21H14N6O5S. The number of nitrogen functional groups attached to an aromatic ring is 1. The average Bonchev–Trinajstić information content (AvgIpc) is 3.33. The number of anilines is 3. The van der Waals surface area contributed by atoms with E-state index in [1.165, 1.54) is 12.1 Å². The number of nitrogens with one attached hydrogen (secondary N) is 2. The van der Waals surface area contributed by atoms with Gasteiger partial charge in [0.2, 0.25) is 5.82 Å². The van der Waals surface area contributed by atoms with E-state index in [2.05, 4.69) is 25.9 Å². The molecule has 164 valence electrons. The number of nitrogens with zero attached hydrogens (tertiary/aromatic N) is 3. The molecule has 12 heteroatoms. The van der Waals surface area contributed by atoms with Gasteiger partial charge in [0.1, 0.15) is 4.90 Å². The maximum atomic E-state index is 13.3. The van der Waals surface area contributed by atoms with Crippen molar-refractivity contribution in [1.29, 1.82) is 0 Å². The quantitative estimate of drug-likeness (QED) is 0.228. The highest BCUT2D eigenvalue weighted by Crippen LogP contribution is 2.40. The van der Waals surface area contributed by atoms with Crippen LogP contribution in [0.25, 0.3) is 11.4 Å². The molecule has 3 aromatic carbocycles. The van der Waals surface area contributed by atoms with Gasteiger partial charge in [-0.15, -0.1) is 10.2 Å². The highest BCUT2D eigenvalue weighted by Gasteiger charge is 2.36. The van der Waals surface area contributed by atoms with Gasteiger partial charge in [-0.3, -0.25) is 14.1 Å². The molecule has 1 aliphatic rings. The summed E-state index contributed by atoms with van der Waals surface area (Å²) in [4.78, 5) is 25.9. The highest BCUT2D eigenvalue weighted by molar-refractivity contribution is 7.86. The second-order valence-electron chi connectivity index (χ2n) is 7.21. The molecule has 5 N–H and O–H groups in total. The first-order chi connectivity index (χ1) is 15.8. The number of aromatic nitrogens is 4. The van der Waals surface area contributed by atoms with Gasteiger partial charge >= 0.3 is 0 Å². The summed E-state index contributed by atoms with van der Waals surface area (Å²) in [6.07, 6.45) is 0. The number of benzene rings is 3. The molecular weight excluding hydrogens is 448 g/mol. The fourth-order valence-corrected chi connectivity index (χ4v) is 4.43. The zero-order chi connectivity index (χ0) is 23.3. The molecule has 5 rings (SSSR count). The van der Waals surface area contributed by atoms with Crippen LogP contribution >= 0.6 is 0 Å². The summed E-state index contributed by atoms with van der Waals surface area (Å²) in [7, 11) is -4.80. The summed E-state index contributed by atoms with van der Waals surface area (Å²) in [5.74, 6) is -0.811. The standard InChI is InChI=1S/C21H14N6O5S/c22-18-15(33(30,31)32)9-14(23-11-5-3-4-10(8-11)21-24-26-27-25-21)16-17(18)20(29)13-7-2-1-6-12(13)19(16)28/h1-9,23H,22H2,(H,30,31,32)(H,24,25,26,27). The monoisotopic (exact) mass is 462 g/mol. The van der Waals surface area contributed by atoms with Crippen LogP contribution in [-0.2, 0) is 10.1 Å². The Labute approximate surface area is 186 Å². The van der Waals surface area contributed by atoms with E-state index in [0.29, 0.717) is 17.1 Å². The zero-order valence-electron chi connectivity index (χ0n) is 16.6. The smallest absolute Gasteiger partial charge is 0.296 e. The molecule has 0 unspecified atom stereocenters. The minimum absolute atomic E-state index is 0.00931. The number of tetrazole rings is 1. The summed E-state index contributed by atoms with van der Waals surface area (Å²) in [6, 6.07) is 13.9. The van der Waals surface area contributed by atoms with Crippen molar-refractivity contribution in [3.63, 3.8) is 0 Å². The molecule has 0 spiro atoms. The predicted octanol–water partition coefficient (Wildman–Crippen LogP) is 2.21. The molecule has 0 bridgehead atoms. The summed E-state index contributed by atoms with van der Waals surface area (Å²) in [5.41, 5.74) is 6.38. The first-order valence-electron chi connectivity index (χ1n) is 9.49. The van der Waals surface area contributed by atoms with E-state index in [9.17, 15) is 22.6 Å². The minimum atomic E-state index is -4.80. The van der Waals surface area contributed by atoms with Crippen LogP contribution in [0.1, 0.15) is 31.8 Å². The van der Waals surface area contributed by atoms with E-state index in [1.54, 1.807) is 36.4 Å². The number of hydrogen-bond acceptors (Lipinski definition) is 9. The summed E-state index contributed by atoms with van der Waals surface area (Å²) in [5, 5.41) is 16.6. The Morgan fingerprint density at radius 2 is 1.64 bits per heavy atom. The van der Waals surface area contributed by atoms with Crippen LogP contribution in [0, 0.1) is 0 Å². The lowest BCUT2D eigenvalue weighted by atomic mass is 9.82. The molecule has 11 nitrogen and oxygen atoms in total. The molecule has 1 heterocycles. The number of rotatable bonds is 4. The molecule has 0 aliphatic heterocycles. The van der Waals surface area contributed by atoms with Crippen molar-refractivity contribution in [3.05, 3.63) is 76.9 Å². The molecule has 1 aliphatic carbocycles. The number of nitrogens with two attached hydrogens (primary N) is 1. The lowest BCUT2D eigenvalue weighted by Crippen LogP contribution is -2.25. The second-order valence-corrected chi connectivity index (χ2v) is 8.60. The van der Waals surface area contributed by atoms with E-state index >= 15 is 0 Å². The molecule has 0 fully saturated rings. The zero-order valence-corrected chi connectivity index (χ0v) is 17.4. The predicted molar refractivity (Wildman–Crippen MR) is 117 cm³/mol. The van der Waals surface area contributed by atoms with Gasteiger partial charge in [-0.1, -0.05) is 36.4 Å². The third-order valence-corrected chi connectivity index (χ3v) is 6.12. The number of aromatic amines is 1. The molecule has 33 heavy (non-hydrogen) atoms. The molecule has 0 atom stereocenters. The average molecular weight is 462 g/mol. The summed E-state index contributed by atoms with van der Waals surface area (Å²) >= 11 is 0. The van der Waals surface area contributed by atoms with Crippen molar-refractivity contribution in [1.82, 2.24) is 20.6 Å². The molecule has 0 saturated carbocycles. The van der Waals surface area contributed by atoms with Gasteiger partial charge in [0.15, 0.2) is 11.6 Å². The Kier molecular flexibility index (Phi) is 4.55. The summed E-state index contributed by atoms with van der Waals surface area (Å²) < 4.78 is 33.7. The second kappa shape index (κ2) is 7.32. The van der Waals surface area contributed by atoms with Crippen molar-refractivity contribution in [2.24, 2.45) is 0 Å². The molecule has 0 amide bonds. The SMILES string of the molecule is Nc1c(S(=O)(=O)O)cc(Nc2cccc(-c3nn[nH]n3)c2)c2c1C(=O)c1ccccc1C2=O. The number of carbonyl (C=O) groups excluding carboxylic acids is 2. The normalized spacial score (nSPS) is 12.9. The number of fused-ring (bicyclic) bond motifs is 2. The maximum absolute atomic E-state index is 13.3. The van der Waals surface area contributed by atoms with E-state index in [4.69, 9.17) is 5.73 Å². The Bertz CT molecular complexity index is 1560. The molecule has 0 saturated heterocycles. The van der Waals surface area contributed by atoms with Crippen LogP contribution < -0.4 is 11.1 Å². The van der Waals surface area contributed by atoms with Gasteiger partial charge in [0, 0.05) is 22.4 Å². The molecule has 4 aromatic rings. The van der Waals surface area contributed by atoms with Crippen LogP contribution in [-0.4, -0.2) is 45.2 Å². The first-order valence-corrected chi connectivity index (χ1v) is 10.9. The van der Waals surface area contributed by atoms with Crippen LogP contribution in [0.5, 0.6) is 0 Å². The fourth-order valence-electron chi connectivity index (χ4n) is 3.78. The lowest BCUT2D eigenvalue weighted by Gasteiger charge is -2.23. The molecule has 0 radical (unpaired) electrons. The van der Waals surface area contributed by atoms with Crippen molar-refractivity contribution in [3.8, 4) is 11.4 Å². The van der Waals surface area contributed by atoms with Gasteiger partial charge in [-0.25, -0.2) is 0 Å². The van der Waals surface area contributed by atoms with Crippen LogP contribution in [0.2, 0.25) is 0 Å². The lowest BCUT2D eigenvalue weighted by molar-refractivity contribution is 0.0980. The van der Waals surface area contributed by atoms with Crippen LogP contribution in [0.3, 0.4) is 0 Å². The third-order valence-electron chi connectivity index (χ3n) is 5.22. The minimum Gasteiger partial charge on any atom is -0.397 e. The van der Waals surface area contributed by atoms with Crippen LogP contribution in [0.4, 0.5) is 17.1 Å². The Morgan fingerprint density at radius 1 is 0.939 bits per heavy atom. The van der Waals surface area contributed by atoms with Gasteiger partial charge in [0.05, 0.1) is 22.5 Å². The van der Waals surface area contributed by atoms with E-state index in [-0.39, 0.29) is 27.9 Å². The van der Waals surface area contributed by atoms with Gasteiger partial charge in [-0.2, -0.15) is 13.6 Å². The van der Waals surface area contributed by atoms with Gasteiger partial charge in [-0.05, 0) is 23.4 Å². The topological polar surface area (TPSA) is 181 Å². The van der Waals surface area contributed by atoms with E-state index < -0.39 is 32.3 Å². The van der Waals surface area contributed by atoms with Gasteiger partial charge < -0.3 is 11.1 Å². The fraction of sp³-hybridized carbons (Fsp3) is 0. The number of ketones is 2. The Hall–Kier alpha value is -4.42. The van der Waals surface area contributed by atoms with E-state index in [0.717, 1.165) is 6.07 Å². The van der Waals surface area contributed by atoms with Crippen LogP contribution in [0.15, 0.2) is 59.5 Å². The maximum Gasteiger partial charge on any atom is 0.296 e. The van der Waals surface area contributed by atoms with Crippen molar-refractivity contribution >= 4 is 38.7 Å². The Balaban J connectivity index is 1.73. The first kappa shape index (κ1) is 20.5. The number of carbonyl (C=O) groups is 2. The highest BCUT2D eigenvalue weighted by atomic mass is 32.2. The molecule has 1 aromatic heterocycles. The van der Waals surface area contributed by atoms with Crippen molar-refractivity contribution in [2.45, 2.75) is 4.90 Å². The largest absolute Gasteiger partial charge is 0.397 e. The number of H-pyrrole nitrogens is 1. The van der Waals surface area contributed by atoms with Gasteiger partial charge in [0.25, 0.3) is 10.1 Å². The van der Waals surface area contributed by atoms with E-state index in [1.807, 2.05) is 0 Å². The third kappa shape index (κ3) is 3.33. The summed E-state index contributed by atoms with van der Waals surface area (Å²) in [6.45, 7) is 0. The Morgan fingerprint density at radius 3 is 2.27 bits per heavy atom. The number of hydrogen-bond donors (Lipinski definition) is 4. The van der Waals surface area contributed by atoms with Crippen molar-refractivity contribution in [2.75, 3.05) is 11.1 Å².